The maximum Gasteiger partial charge on any atom is 0.341 e. The number of esters is 1. The van der Waals surface area contributed by atoms with Crippen molar-refractivity contribution in [2.75, 3.05) is 33.0 Å². The first-order valence-electron chi connectivity index (χ1n) is 6.42. The number of hydrogen-bond acceptors (Lipinski definition) is 6. The molecule has 6 heteroatoms. The second-order valence-electron chi connectivity index (χ2n) is 4.36. The zero-order valence-corrected chi connectivity index (χ0v) is 11.0. The average Bonchev–Trinajstić information content (AvgIpc) is 2.88. The summed E-state index contributed by atoms with van der Waals surface area (Å²) in [5.74, 6) is 0.193. The minimum absolute atomic E-state index is 0.0233. The second-order valence-corrected chi connectivity index (χ2v) is 4.36. The van der Waals surface area contributed by atoms with E-state index in [4.69, 9.17) is 13.9 Å². The molecule has 0 bridgehead atoms. The normalized spacial score (nSPS) is 20.4. The smallest absolute Gasteiger partial charge is 0.341 e. The Hall–Kier alpha value is -1.37. The predicted octanol–water partition coefficient (Wildman–Crippen LogP) is 0.649. The summed E-state index contributed by atoms with van der Waals surface area (Å²) in [7, 11) is 0. The molecule has 1 fully saturated rings. The number of carbonyl (C=O) groups excluding carboxylic acids is 1. The molecule has 1 aliphatic rings. The standard InChI is InChI=1S/C13H19NO5/c1-2-18-13(16)11-3-5-19-12(11)7-14-4-6-17-9-10(14)8-15/h3,5,10,15H,2,4,6-9H2,1H3. The molecule has 2 heterocycles. The van der Waals surface area contributed by atoms with Gasteiger partial charge in [0.2, 0.25) is 0 Å². The maximum absolute atomic E-state index is 11.7. The van der Waals surface area contributed by atoms with Gasteiger partial charge in [-0.1, -0.05) is 0 Å². The predicted molar refractivity (Wildman–Crippen MR) is 66.8 cm³/mol. The van der Waals surface area contributed by atoms with Gasteiger partial charge in [0.15, 0.2) is 0 Å². The lowest BCUT2D eigenvalue weighted by Gasteiger charge is -2.33. The van der Waals surface area contributed by atoms with Gasteiger partial charge in [0.25, 0.3) is 0 Å². The molecule has 1 saturated heterocycles. The number of rotatable bonds is 5. The minimum atomic E-state index is -0.375. The molecule has 0 aliphatic carbocycles. The Kier molecular flexibility index (Phi) is 4.95. The third-order valence-electron chi connectivity index (χ3n) is 3.15. The SMILES string of the molecule is CCOC(=O)c1ccoc1CN1CCOCC1CO. The van der Waals surface area contributed by atoms with Crippen LogP contribution in [0.1, 0.15) is 23.0 Å². The number of aliphatic hydroxyl groups excluding tert-OH is 1. The van der Waals surface area contributed by atoms with E-state index in [2.05, 4.69) is 0 Å². The number of nitrogens with zero attached hydrogens (tertiary/aromatic N) is 1. The number of aliphatic hydroxyl groups is 1. The van der Waals surface area contributed by atoms with Gasteiger partial charge < -0.3 is 19.0 Å². The van der Waals surface area contributed by atoms with Gasteiger partial charge in [0, 0.05) is 6.54 Å². The summed E-state index contributed by atoms with van der Waals surface area (Å²) in [4.78, 5) is 13.8. The van der Waals surface area contributed by atoms with Crippen LogP contribution >= 0.6 is 0 Å². The molecule has 1 unspecified atom stereocenters. The van der Waals surface area contributed by atoms with E-state index in [1.165, 1.54) is 6.26 Å². The van der Waals surface area contributed by atoms with Gasteiger partial charge in [-0.3, -0.25) is 4.90 Å². The Morgan fingerprint density at radius 3 is 3.21 bits per heavy atom. The van der Waals surface area contributed by atoms with Crippen molar-refractivity contribution in [3.8, 4) is 0 Å². The van der Waals surface area contributed by atoms with Crippen molar-refractivity contribution in [1.29, 1.82) is 0 Å². The number of furan rings is 1. The Morgan fingerprint density at radius 2 is 2.47 bits per heavy atom. The van der Waals surface area contributed by atoms with Crippen molar-refractivity contribution in [3.63, 3.8) is 0 Å². The van der Waals surface area contributed by atoms with E-state index in [-0.39, 0.29) is 18.6 Å². The molecule has 0 spiro atoms. The van der Waals surface area contributed by atoms with Gasteiger partial charge in [-0.05, 0) is 13.0 Å². The third-order valence-corrected chi connectivity index (χ3v) is 3.15. The topological polar surface area (TPSA) is 72.1 Å². The third kappa shape index (κ3) is 3.34. The van der Waals surface area contributed by atoms with E-state index >= 15 is 0 Å². The molecule has 2 rings (SSSR count). The van der Waals surface area contributed by atoms with Crippen molar-refractivity contribution in [2.45, 2.75) is 19.5 Å². The highest BCUT2D eigenvalue weighted by molar-refractivity contribution is 5.90. The zero-order chi connectivity index (χ0) is 13.7. The van der Waals surface area contributed by atoms with Gasteiger partial charge in [-0.2, -0.15) is 0 Å². The Morgan fingerprint density at radius 1 is 1.63 bits per heavy atom. The quantitative estimate of drug-likeness (QED) is 0.791. The van der Waals surface area contributed by atoms with Crippen LogP contribution < -0.4 is 0 Å². The molecule has 0 amide bonds. The van der Waals surface area contributed by atoms with Crippen LogP contribution in [0.5, 0.6) is 0 Å². The van der Waals surface area contributed by atoms with Crippen molar-refractivity contribution in [3.05, 3.63) is 23.7 Å². The summed E-state index contributed by atoms with van der Waals surface area (Å²) in [6, 6.07) is 1.55. The molecule has 0 saturated carbocycles. The fourth-order valence-corrected chi connectivity index (χ4v) is 2.10. The molecule has 1 aromatic heterocycles. The monoisotopic (exact) mass is 269 g/mol. The molecule has 106 valence electrons. The van der Waals surface area contributed by atoms with Gasteiger partial charge in [-0.25, -0.2) is 4.79 Å². The molecule has 1 atom stereocenters. The van der Waals surface area contributed by atoms with Gasteiger partial charge in [0.05, 0.1) is 45.3 Å². The number of hydrogen-bond donors (Lipinski definition) is 1. The molecule has 0 aromatic carbocycles. The highest BCUT2D eigenvalue weighted by Crippen LogP contribution is 2.17. The summed E-state index contributed by atoms with van der Waals surface area (Å²) >= 11 is 0. The van der Waals surface area contributed by atoms with Gasteiger partial charge in [0.1, 0.15) is 11.3 Å². The van der Waals surface area contributed by atoms with Crippen LogP contribution in [0, 0.1) is 0 Å². The number of ether oxygens (including phenoxy) is 2. The molecule has 19 heavy (non-hydrogen) atoms. The highest BCUT2D eigenvalue weighted by Gasteiger charge is 2.25. The molecule has 0 radical (unpaired) electrons. The first-order valence-corrected chi connectivity index (χ1v) is 6.42. The van der Waals surface area contributed by atoms with Gasteiger partial charge >= 0.3 is 5.97 Å². The number of carbonyl (C=O) groups is 1. The van der Waals surface area contributed by atoms with Crippen LogP contribution in [-0.2, 0) is 16.0 Å². The van der Waals surface area contributed by atoms with E-state index < -0.39 is 0 Å². The summed E-state index contributed by atoms with van der Waals surface area (Å²) < 4.78 is 15.7. The summed E-state index contributed by atoms with van der Waals surface area (Å²) in [5.41, 5.74) is 0.449. The van der Waals surface area contributed by atoms with Crippen LogP contribution in [0.3, 0.4) is 0 Å². The second kappa shape index (κ2) is 6.70. The molecule has 1 N–H and O–H groups in total. The average molecular weight is 269 g/mol. The fourth-order valence-electron chi connectivity index (χ4n) is 2.10. The van der Waals surface area contributed by atoms with Gasteiger partial charge in [-0.15, -0.1) is 0 Å². The van der Waals surface area contributed by atoms with Crippen molar-refractivity contribution < 1.29 is 23.8 Å². The Bertz CT molecular complexity index is 417. The first-order chi connectivity index (χ1) is 9.26. The maximum atomic E-state index is 11.7. The molecule has 6 nitrogen and oxygen atoms in total. The van der Waals surface area contributed by atoms with Crippen molar-refractivity contribution in [1.82, 2.24) is 4.90 Å². The van der Waals surface area contributed by atoms with Crippen LogP contribution in [0.15, 0.2) is 16.7 Å². The number of morpholine rings is 1. The van der Waals surface area contributed by atoms with Crippen LogP contribution in [0.2, 0.25) is 0 Å². The molecule has 1 aliphatic heterocycles. The lowest BCUT2D eigenvalue weighted by Crippen LogP contribution is -2.46. The fraction of sp³-hybridized carbons (Fsp3) is 0.615. The molecule has 1 aromatic rings. The van der Waals surface area contributed by atoms with Crippen molar-refractivity contribution in [2.24, 2.45) is 0 Å². The van der Waals surface area contributed by atoms with Crippen LogP contribution in [0.25, 0.3) is 0 Å². The lowest BCUT2D eigenvalue weighted by atomic mass is 10.2. The lowest BCUT2D eigenvalue weighted by molar-refractivity contribution is -0.0337. The van der Waals surface area contributed by atoms with Crippen LogP contribution in [-0.4, -0.2) is 55.0 Å². The summed E-state index contributed by atoms with van der Waals surface area (Å²) in [6.45, 7) is 4.40. The molecular formula is C13H19NO5. The summed E-state index contributed by atoms with van der Waals surface area (Å²) in [5, 5.41) is 9.31. The largest absolute Gasteiger partial charge is 0.467 e. The Labute approximate surface area is 111 Å². The van der Waals surface area contributed by atoms with Crippen molar-refractivity contribution >= 4 is 5.97 Å². The Balaban J connectivity index is 2.06. The first kappa shape index (κ1) is 14.0. The molecular weight excluding hydrogens is 250 g/mol. The highest BCUT2D eigenvalue weighted by atomic mass is 16.5. The summed E-state index contributed by atoms with van der Waals surface area (Å²) in [6.07, 6.45) is 1.48. The van der Waals surface area contributed by atoms with E-state index in [9.17, 15) is 9.90 Å². The van der Waals surface area contributed by atoms with E-state index in [1.807, 2.05) is 4.90 Å². The minimum Gasteiger partial charge on any atom is -0.467 e. The van der Waals surface area contributed by atoms with E-state index in [1.54, 1.807) is 13.0 Å². The van der Waals surface area contributed by atoms with E-state index in [0.29, 0.717) is 44.2 Å². The van der Waals surface area contributed by atoms with E-state index in [0.717, 1.165) is 0 Å². The van der Waals surface area contributed by atoms with Crippen LogP contribution in [0.4, 0.5) is 0 Å². The zero-order valence-electron chi connectivity index (χ0n) is 11.0.